The molecule has 1 saturated carbocycles. The van der Waals surface area contributed by atoms with Crippen LogP contribution in [0.3, 0.4) is 0 Å². The number of halogens is 3. The minimum atomic E-state index is -4.37. The Hall–Kier alpha value is -1.07. The maximum absolute atomic E-state index is 12.6. The van der Waals surface area contributed by atoms with Gasteiger partial charge in [0.25, 0.3) is 0 Å². The average Bonchev–Trinajstić information content (AvgIpc) is 2.96. The first-order valence-corrected chi connectivity index (χ1v) is 7.53. The fourth-order valence-corrected chi connectivity index (χ4v) is 2.88. The summed E-state index contributed by atoms with van der Waals surface area (Å²) < 4.78 is 37.8. The van der Waals surface area contributed by atoms with Crippen LogP contribution < -0.4 is 5.32 Å². The predicted molar refractivity (Wildman–Crippen MR) is 75.8 cm³/mol. The Morgan fingerprint density at radius 1 is 1.24 bits per heavy atom. The Kier molecular flexibility index (Phi) is 5.65. The van der Waals surface area contributed by atoms with Crippen LogP contribution in [0.2, 0.25) is 0 Å². The first-order chi connectivity index (χ1) is 9.97. The quantitative estimate of drug-likeness (QED) is 0.781. The van der Waals surface area contributed by atoms with E-state index in [4.69, 9.17) is 0 Å². The van der Waals surface area contributed by atoms with Crippen LogP contribution in [-0.4, -0.2) is 18.2 Å². The number of aliphatic hydroxyl groups is 1. The molecule has 2 N–H and O–H groups in total. The molecular weight excluding hydrogens is 279 g/mol. The predicted octanol–water partition coefficient (Wildman–Crippen LogP) is 3.91. The number of nitrogens with one attached hydrogen (secondary N) is 1. The molecule has 2 nitrogen and oxygen atoms in total. The molecule has 0 saturated heterocycles. The third-order valence-electron chi connectivity index (χ3n) is 4.14. The summed E-state index contributed by atoms with van der Waals surface area (Å²) in [5.41, 5.74) is -0.414. The minimum Gasteiger partial charge on any atom is -0.387 e. The van der Waals surface area contributed by atoms with Gasteiger partial charge in [0.2, 0.25) is 0 Å². The van der Waals surface area contributed by atoms with E-state index in [1.807, 2.05) is 0 Å². The summed E-state index contributed by atoms with van der Waals surface area (Å²) >= 11 is 0. The summed E-state index contributed by atoms with van der Waals surface area (Å²) in [6.07, 6.45) is 0.960. The van der Waals surface area contributed by atoms with E-state index in [0.29, 0.717) is 5.56 Å². The van der Waals surface area contributed by atoms with Gasteiger partial charge in [-0.2, -0.15) is 13.2 Å². The Labute approximate surface area is 123 Å². The maximum Gasteiger partial charge on any atom is 0.416 e. The second-order valence-corrected chi connectivity index (χ2v) is 5.78. The molecular formula is C16H22F3NO. The van der Waals surface area contributed by atoms with Crippen LogP contribution in [-0.2, 0) is 6.18 Å². The van der Waals surface area contributed by atoms with Crippen LogP contribution in [0.25, 0.3) is 0 Å². The average molecular weight is 301 g/mol. The molecule has 1 aliphatic carbocycles. The van der Waals surface area contributed by atoms with E-state index >= 15 is 0 Å². The van der Waals surface area contributed by atoms with Crippen LogP contribution in [0.4, 0.5) is 13.2 Å². The smallest absolute Gasteiger partial charge is 0.387 e. The highest BCUT2D eigenvalue weighted by Gasteiger charge is 2.30. The van der Waals surface area contributed by atoms with Crippen LogP contribution in [0.1, 0.15) is 49.3 Å². The highest BCUT2D eigenvalue weighted by molar-refractivity contribution is 5.27. The molecule has 1 aromatic rings. The van der Waals surface area contributed by atoms with Crippen molar-refractivity contribution in [1.82, 2.24) is 5.32 Å². The third kappa shape index (κ3) is 5.00. The van der Waals surface area contributed by atoms with Crippen molar-refractivity contribution in [2.75, 3.05) is 13.1 Å². The first kappa shape index (κ1) is 16.3. The number of hydrogen-bond donors (Lipinski definition) is 2. The SMILES string of the molecule is OC(CNCCC1CCCC1)c1cccc(C(F)(F)F)c1. The monoisotopic (exact) mass is 301 g/mol. The lowest BCUT2D eigenvalue weighted by atomic mass is 10.0. The molecule has 1 aromatic carbocycles. The van der Waals surface area contributed by atoms with Crippen molar-refractivity contribution >= 4 is 0 Å². The van der Waals surface area contributed by atoms with Crippen LogP contribution in [0.15, 0.2) is 24.3 Å². The van der Waals surface area contributed by atoms with Gasteiger partial charge in [0.05, 0.1) is 11.7 Å². The fourth-order valence-electron chi connectivity index (χ4n) is 2.88. The number of benzene rings is 1. The van der Waals surface area contributed by atoms with Crippen molar-refractivity contribution < 1.29 is 18.3 Å². The minimum absolute atomic E-state index is 0.286. The van der Waals surface area contributed by atoms with Crippen molar-refractivity contribution in [3.63, 3.8) is 0 Å². The van der Waals surface area contributed by atoms with E-state index in [2.05, 4.69) is 5.32 Å². The summed E-state index contributed by atoms with van der Waals surface area (Å²) in [6, 6.07) is 4.89. The standard InChI is InChI=1S/C16H22F3NO/c17-16(18,19)14-7-3-6-13(10-14)15(21)11-20-9-8-12-4-1-2-5-12/h3,6-7,10,12,15,20-21H,1-2,4-5,8-9,11H2. The highest BCUT2D eigenvalue weighted by Crippen LogP contribution is 2.30. The molecule has 0 radical (unpaired) electrons. The molecule has 1 atom stereocenters. The van der Waals surface area contributed by atoms with Gasteiger partial charge in [-0.3, -0.25) is 0 Å². The van der Waals surface area contributed by atoms with Gasteiger partial charge < -0.3 is 10.4 Å². The Balaban J connectivity index is 1.78. The van der Waals surface area contributed by atoms with Crippen molar-refractivity contribution in [2.24, 2.45) is 5.92 Å². The summed E-state index contributed by atoms with van der Waals surface area (Å²) in [7, 11) is 0. The number of rotatable bonds is 6. The molecule has 0 spiro atoms. The van der Waals surface area contributed by atoms with Crippen molar-refractivity contribution in [3.8, 4) is 0 Å². The molecule has 2 rings (SSSR count). The van der Waals surface area contributed by atoms with Crippen molar-refractivity contribution in [2.45, 2.75) is 44.4 Å². The molecule has 21 heavy (non-hydrogen) atoms. The first-order valence-electron chi connectivity index (χ1n) is 7.53. The van der Waals surface area contributed by atoms with E-state index in [1.54, 1.807) is 0 Å². The Bertz CT molecular complexity index is 441. The van der Waals surface area contributed by atoms with Gasteiger partial charge in [-0.1, -0.05) is 37.8 Å². The number of alkyl halides is 3. The van der Waals surface area contributed by atoms with E-state index in [9.17, 15) is 18.3 Å². The van der Waals surface area contributed by atoms with Gasteiger partial charge in [-0.05, 0) is 36.6 Å². The lowest BCUT2D eigenvalue weighted by Crippen LogP contribution is -2.24. The zero-order chi connectivity index (χ0) is 15.3. The molecule has 0 aromatic heterocycles. The van der Waals surface area contributed by atoms with Crippen molar-refractivity contribution in [3.05, 3.63) is 35.4 Å². The normalized spacial score (nSPS) is 18.1. The highest BCUT2D eigenvalue weighted by atomic mass is 19.4. The molecule has 5 heteroatoms. The molecule has 1 fully saturated rings. The molecule has 118 valence electrons. The molecule has 0 amide bonds. The third-order valence-corrected chi connectivity index (χ3v) is 4.14. The van der Waals surface area contributed by atoms with E-state index in [-0.39, 0.29) is 6.54 Å². The second-order valence-electron chi connectivity index (χ2n) is 5.78. The Morgan fingerprint density at radius 2 is 1.95 bits per heavy atom. The summed E-state index contributed by atoms with van der Waals surface area (Å²) in [5.74, 6) is 0.767. The zero-order valence-electron chi connectivity index (χ0n) is 12.0. The van der Waals surface area contributed by atoms with Gasteiger partial charge in [0, 0.05) is 6.54 Å². The van der Waals surface area contributed by atoms with Crippen molar-refractivity contribution in [1.29, 1.82) is 0 Å². The van der Waals surface area contributed by atoms with Crippen LogP contribution in [0.5, 0.6) is 0 Å². The second kappa shape index (κ2) is 7.27. The molecule has 1 unspecified atom stereocenters. The van der Waals surface area contributed by atoms with E-state index in [0.717, 1.165) is 31.0 Å². The number of aliphatic hydroxyl groups excluding tert-OH is 1. The summed E-state index contributed by atoms with van der Waals surface area (Å²) in [5, 5.41) is 13.1. The lowest BCUT2D eigenvalue weighted by Gasteiger charge is -2.15. The van der Waals surface area contributed by atoms with Crippen LogP contribution in [0, 0.1) is 5.92 Å². The topological polar surface area (TPSA) is 32.3 Å². The van der Waals surface area contributed by atoms with Gasteiger partial charge in [-0.25, -0.2) is 0 Å². The van der Waals surface area contributed by atoms with E-state index < -0.39 is 17.8 Å². The molecule has 0 bridgehead atoms. The van der Waals surface area contributed by atoms with Gasteiger partial charge >= 0.3 is 6.18 Å². The molecule has 0 aliphatic heterocycles. The zero-order valence-corrected chi connectivity index (χ0v) is 12.0. The van der Waals surface area contributed by atoms with Gasteiger partial charge in [-0.15, -0.1) is 0 Å². The largest absolute Gasteiger partial charge is 0.416 e. The van der Waals surface area contributed by atoms with Crippen LogP contribution >= 0.6 is 0 Å². The summed E-state index contributed by atoms with van der Waals surface area (Å²) in [4.78, 5) is 0. The fraction of sp³-hybridized carbons (Fsp3) is 0.625. The van der Waals surface area contributed by atoms with Gasteiger partial charge in [0.1, 0.15) is 0 Å². The van der Waals surface area contributed by atoms with Gasteiger partial charge in [0.15, 0.2) is 0 Å². The summed E-state index contributed by atoms with van der Waals surface area (Å²) in [6.45, 7) is 1.09. The number of hydrogen-bond acceptors (Lipinski definition) is 2. The molecule has 1 aliphatic rings. The Morgan fingerprint density at radius 3 is 2.62 bits per heavy atom. The molecule has 0 heterocycles. The maximum atomic E-state index is 12.6. The lowest BCUT2D eigenvalue weighted by molar-refractivity contribution is -0.137. The van der Waals surface area contributed by atoms with E-state index in [1.165, 1.54) is 37.8 Å².